The van der Waals surface area contributed by atoms with Crippen LogP contribution in [-0.4, -0.2) is 11.2 Å². The minimum absolute atomic E-state index is 0.297. The van der Waals surface area contributed by atoms with Crippen molar-refractivity contribution in [3.63, 3.8) is 0 Å². The number of benzene rings is 1. The second-order valence-electron chi connectivity index (χ2n) is 2.96. The fourth-order valence-electron chi connectivity index (χ4n) is 1.06. The van der Waals surface area contributed by atoms with E-state index in [2.05, 4.69) is 5.32 Å². The Labute approximate surface area is 96.7 Å². The van der Waals surface area contributed by atoms with Crippen LogP contribution in [0.15, 0.2) is 35.5 Å². The first kappa shape index (κ1) is 12.5. The molecule has 0 heterocycles. The second kappa shape index (κ2) is 6.12. The number of nitrogens with zero attached hydrogens (tertiary/aromatic N) is 1. The van der Waals surface area contributed by atoms with E-state index in [1.807, 2.05) is 0 Å². The SMILES string of the molecule is CS/C(=C\[N+](=O)[O-])NCc1ccc(F)cc1. The standard InChI is InChI=1S/C10H11FN2O2S/c1-16-10(7-13(14)15)12-6-8-2-4-9(11)5-3-8/h2-5,7,12H,6H2,1H3/b10-7-. The number of hydrogen-bond acceptors (Lipinski definition) is 4. The van der Waals surface area contributed by atoms with Crippen molar-refractivity contribution in [2.75, 3.05) is 6.26 Å². The summed E-state index contributed by atoms with van der Waals surface area (Å²) in [4.78, 5) is 9.74. The van der Waals surface area contributed by atoms with Gasteiger partial charge in [-0.2, -0.15) is 0 Å². The molecule has 0 aromatic heterocycles. The van der Waals surface area contributed by atoms with Gasteiger partial charge in [0.15, 0.2) is 0 Å². The molecule has 0 aliphatic rings. The van der Waals surface area contributed by atoms with Crippen LogP contribution in [0, 0.1) is 15.9 Å². The van der Waals surface area contributed by atoms with E-state index in [9.17, 15) is 14.5 Å². The summed E-state index contributed by atoms with van der Waals surface area (Å²) in [6, 6.07) is 5.97. The summed E-state index contributed by atoms with van der Waals surface area (Å²) in [5.41, 5.74) is 0.865. The van der Waals surface area contributed by atoms with Gasteiger partial charge in [0.25, 0.3) is 6.20 Å². The van der Waals surface area contributed by atoms with Crippen molar-refractivity contribution in [3.05, 3.63) is 57.0 Å². The average Bonchev–Trinajstić information content (AvgIpc) is 2.26. The van der Waals surface area contributed by atoms with Gasteiger partial charge in [-0.3, -0.25) is 10.1 Å². The Morgan fingerprint density at radius 2 is 2.19 bits per heavy atom. The Hall–Kier alpha value is -1.56. The molecule has 1 rings (SSSR count). The van der Waals surface area contributed by atoms with E-state index in [4.69, 9.17) is 0 Å². The summed E-state index contributed by atoms with van der Waals surface area (Å²) in [5, 5.41) is 13.6. The molecule has 0 aliphatic heterocycles. The van der Waals surface area contributed by atoms with Crippen molar-refractivity contribution < 1.29 is 9.31 Å². The molecule has 0 fully saturated rings. The van der Waals surface area contributed by atoms with Crippen LogP contribution in [0.3, 0.4) is 0 Å². The first-order valence-corrected chi connectivity index (χ1v) is 5.72. The Bertz CT molecular complexity index is 392. The number of nitro groups is 1. The fraction of sp³-hybridized carbons (Fsp3) is 0.200. The average molecular weight is 242 g/mol. The first-order valence-electron chi connectivity index (χ1n) is 4.49. The maximum absolute atomic E-state index is 12.6. The van der Waals surface area contributed by atoms with E-state index in [1.165, 1.54) is 23.9 Å². The molecule has 0 aliphatic carbocycles. The van der Waals surface area contributed by atoms with Gasteiger partial charge in [0, 0.05) is 6.54 Å². The zero-order valence-electron chi connectivity index (χ0n) is 8.64. The lowest BCUT2D eigenvalue weighted by Crippen LogP contribution is -2.11. The normalized spacial score (nSPS) is 11.2. The number of thioether (sulfide) groups is 1. The number of nitrogens with one attached hydrogen (secondary N) is 1. The van der Waals surface area contributed by atoms with Gasteiger partial charge in [-0.05, 0) is 24.0 Å². The molecule has 0 saturated carbocycles. The molecule has 1 aromatic rings. The molecule has 0 amide bonds. The van der Waals surface area contributed by atoms with Gasteiger partial charge in [-0.15, -0.1) is 11.8 Å². The summed E-state index contributed by atoms with van der Waals surface area (Å²) >= 11 is 1.25. The van der Waals surface area contributed by atoms with Gasteiger partial charge < -0.3 is 5.32 Å². The van der Waals surface area contributed by atoms with E-state index in [-0.39, 0.29) is 5.82 Å². The lowest BCUT2D eigenvalue weighted by atomic mass is 10.2. The summed E-state index contributed by atoms with van der Waals surface area (Å²) in [5.74, 6) is -0.297. The van der Waals surface area contributed by atoms with E-state index >= 15 is 0 Å². The van der Waals surface area contributed by atoms with E-state index in [0.29, 0.717) is 11.6 Å². The van der Waals surface area contributed by atoms with Gasteiger partial charge in [0.1, 0.15) is 10.8 Å². The molecule has 0 radical (unpaired) electrons. The Morgan fingerprint density at radius 3 is 2.69 bits per heavy atom. The topological polar surface area (TPSA) is 55.2 Å². The highest BCUT2D eigenvalue weighted by Gasteiger charge is 2.01. The van der Waals surface area contributed by atoms with Crippen LogP contribution in [0.25, 0.3) is 0 Å². The zero-order chi connectivity index (χ0) is 12.0. The molecule has 86 valence electrons. The number of rotatable bonds is 5. The lowest BCUT2D eigenvalue weighted by molar-refractivity contribution is -0.403. The van der Waals surface area contributed by atoms with Gasteiger partial charge in [0.2, 0.25) is 0 Å². The molecule has 0 bridgehead atoms. The van der Waals surface area contributed by atoms with Gasteiger partial charge >= 0.3 is 0 Å². The third kappa shape index (κ3) is 4.31. The van der Waals surface area contributed by atoms with Gasteiger partial charge in [0.05, 0.1) is 4.92 Å². The van der Waals surface area contributed by atoms with Gasteiger partial charge in [-0.1, -0.05) is 12.1 Å². The van der Waals surface area contributed by atoms with Crippen LogP contribution in [0.1, 0.15) is 5.56 Å². The largest absolute Gasteiger partial charge is 0.371 e. The molecular formula is C10H11FN2O2S. The molecule has 0 unspecified atom stereocenters. The zero-order valence-corrected chi connectivity index (χ0v) is 9.46. The Morgan fingerprint density at radius 1 is 1.56 bits per heavy atom. The summed E-state index contributed by atoms with van der Waals surface area (Å²) in [6.07, 6.45) is 2.65. The molecule has 0 spiro atoms. The quantitative estimate of drug-likeness (QED) is 0.636. The van der Waals surface area contributed by atoms with E-state index < -0.39 is 4.92 Å². The lowest BCUT2D eigenvalue weighted by Gasteiger charge is -2.05. The van der Waals surface area contributed by atoms with Crippen molar-refractivity contribution in [1.29, 1.82) is 0 Å². The second-order valence-corrected chi connectivity index (χ2v) is 3.81. The molecular weight excluding hydrogens is 231 g/mol. The monoisotopic (exact) mass is 242 g/mol. The van der Waals surface area contributed by atoms with Gasteiger partial charge in [-0.25, -0.2) is 4.39 Å². The third-order valence-corrected chi connectivity index (χ3v) is 2.51. The molecule has 16 heavy (non-hydrogen) atoms. The van der Waals surface area contributed by atoms with Crippen molar-refractivity contribution in [2.45, 2.75) is 6.54 Å². The molecule has 6 heteroatoms. The van der Waals surface area contributed by atoms with Crippen LogP contribution in [0.2, 0.25) is 0 Å². The highest BCUT2D eigenvalue weighted by Crippen LogP contribution is 2.09. The van der Waals surface area contributed by atoms with E-state index in [1.54, 1.807) is 18.4 Å². The van der Waals surface area contributed by atoms with E-state index in [0.717, 1.165) is 11.8 Å². The Kier molecular flexibility index (Phi) is 4.78. The minimum atomic E-state index is -0.510. The molecule has 0 saturated heterocycles. The van der Waals surface area contributed by atoms with Crippen LogP contribution in [0.5, 0.6) is 0 Å². The van der Waals surface area contributed by atoms with Crippen molar-refractivity contribution in [3.8, 4) is 0 Å². The number of halogens is 1. The van der Waals surface area contributed by atoms with Crippen molar-refractivity contribution >= 4 is 11.8 Å². The molecule has 1 aromatic carbocycles. The summed E-state index contributed by atoms with van der Waals surface area (Å²) in [7, 11) is 0. The minimum Gasteiger partial charge on any atom is -0.371 e. The smallest absolute Gasteiger partial charge is 0.263 e. The maximum atomic E-state index is 12.6. The first-order chi connectivity index (χ1) is 7.61. The highest BCUT2D eigenvalue weighted by molar-refractivity contribution is 8.02. The predicted octanol–water partition coefficient (Wildman–Crippen LogP) is 2.35. The predicted molar refractivity (Wildman–Crippen MR) is 61.8 cm³/mol. The van der Waals surface area contributed by atoms with Crippen LogP contribution in [0.4, 0.5) is 4.39 Å². The fourth-order valence-corrected chi connectivity index (χ4v) is 1.47. The summed E-state index contributed by atoms with van der Waals surface area (Å²) < 4.78 is 12.6. The van der Waals surface area contributed by atoms with Crippen LogP contribution in [-0.2, 0) is 6.54 Å². The number of hydrogen-bond donors (Lipinski definition) is 1. The molecule has 1 N–H and O–H groups in total. The third-order valence-electron chi connectivity index (χ3n) is 1.82. The maximum Gasteiger partial charge on any atom is 0.263 e. The Balaban J connectivity index is 2.56. The molecule has 0 atom stereocenters. The molecule has 4 nitrogen and oxygen atoms in total. The summed E-state index contributed by atoms with van der Waals surface area (Å²) in [6.45, 7) is 0.431. The van der Waals surface area contributed by atoms with Crippen molar-refractivity contribution in [2.24, 2.45) is 0 Å². The van der Waals surface area contributed by atoms with Crippen LogP contribution < -0.4 is 5.32 Å². The van der Waals surface area contributed by atoms with Crippen LogP contribution >= 0.6 is 11.8 Å². The van der Waals surface area contributed by atoms with Crippen molar-refractivity contribution in [1.82, 2.24) is 5.32 Å². The highest BCUT2D eigenvalue weighted by atomic mass is 32.2.